The largest absolute Gasteiger partial charge is 0.340 e. The smallest absolute Gasteiger partial charge is 0.249 e. The molecule has 0 saturated carbocycles. The second-order valence-corrected chi connectivity index (χ2v) is 3.92. The first-order chi connectivity index (χ1) is 8.65. The average Bonchev–Trinajstić information content (AvgIpc) is 2.67. The van der Waals surface area contributed by atoms with Crippen molar-refractivity contribution in [1.29, 1.82) is 0 Å². The van der Waals surface area contributed by atoms with E-state index in [9.17, 15) is 14.4 Å². The van der Waals surface area contributed by atoms with Crippen molar-refractivity contribution < 1.29 is 14.4 Å². The van der Waals surface area contributed by atoms with E-state index >= 15 is 0 Å². The lowest BCUT2D eigenvalue weighted by Crippen LogP contribution is -2.39. The van der Waals surface area contributed by atoms with Gasteiger partial charge in [0.05, 0.1) is 6.42 Å². The first-order valence-corrected chi connectivity index (χ1v) is 5.52. The highest BCUT2D eigenvalue weighted by atomic mass is 16.2. The van der Waals surface area contributed by atoms with E-state index in [1.54, 1.807) is 6.08 Å². The van der Waals surface area contributed by atoms with E-state index in [0.29, 0.717) is 0 Å². The van der Waals surface area contributed by atoms with Crippen molar-refractivity contribution in [2.45, 2.75) is 12.5 Å². The minimum absolute atomic E-state index is 0.00372. The van der Waals surface area contributed by atoms with Gasteiger partial charge >= 0.3 is 0 Å². The molecule has 3 amide bonds. The van der Waals surface area contributed by atoms with Crippen LogP contribution >= 0.6 is 0 Å². The molecule has 5 heteroatoms. The molecule has 0 bridgehead atoms. The van der Waals surface area contributed by atoms with Crippen LogP contribution in [0, 0.1) is 0 Å². The fraction of sp³-hybridized carbons (Fsp3) is 0.154. The van der Waals surface area contributed by atoms with E-state index in [2.05, 4.69) is 10.6 Å². The SMILES string of the molecule is O=C(/C=C/c1ccccc1)N[C@H]1CC(=O)NC1=O. The Kier molecular flexibility index (Phi) is 3.52. The van der Waals surface area contributed by atoms with Crippen LogP contribution in [0.2, 0.25) is 0 Å². The predicted octanol–water partition coefficient (Wildman–Crippen LogP) is 0.231. The normalized spacial score (nSPS) is 19.0. The third-order valence-electron chi connectivity index (χ3n) is 2.51. The molecule has 0 aliphatic carbocycles. The topological polar surface area (TPSA) is 75.3 Å². The molecule has 0 radical (unpaired) electrons. The Labute approximate surface area is 104 Å². The summed E-state index contributed by atoms with van der Waals surface area (Å²) in [5.74, 6) is -1.22. The monoisotopic (exact) mass is 244 g/mol. The number of nitrogens with one attached hydrogen (secondary N) is 2. The van der Waals surface area contributed by atoms with Crippen LogP contribution in [0.4, 0.5) is 0 Å². The molecule has 1 heterocycles. The number of carbonyl (C=O) groups excluding carboxylic acids is 3. The Bertz CT molecular complexity index is 508. The van der Waals surface area contributed by atoms with E-state index in [-0.39, 0.29) is 12.3 Å². The van der Waals surface area contributed by atoms with Crippen molar-refractivity contribution in [1.82, 2.24) is 10.6 Å². The molecule has 0 spiro atoms. The van der Waals surface area contributed by atoms with Crippen molar-refractivity contribution >= 4 is 23.8 Å². The second kappa shape index (κ2) is 5.27. The van der Waals surface area contributed by atoms with Crippen LogP contribution in [-0.2, 0) is 14.4 Å². The summed E-state index contributed by atoms with van der Waals surface area (Å²) in [5.41, 5.74) is 0.889. The van der Waals surface area contributed by atoms with Gasteiger partial charge in [-0.15, -0.1) is 0 Å². The third kappa shape index (κ3) is 3.04. The van der Waals surface area contributed by atoms with Crippen LogP contribution in [-0.4, -0.2) is 23.8 Å². The molecule has 1 saturated heterocycles. The highest BCUT2D eigenvalue weighted by Gasteiger charge is 2.30. The zero-order valence-corrected chi connectivity index (χ0v) is 9.55. The number of rotatable bonds is 3. The molecule has 1 aromatic carbocycles. The molecule has 1 aliphatic rings. The molecule has 5 nitrogen and oxygen atoms in total. The molecule has 0 aromatic heterocycles. The quantitative estimate of drug-likeness (QED) is 0.590. The van der Waals surface area contributed by atoms with Gasteiger partial charge < -0.3 is 5.32 Å². The highest BCUT2D eigenvalue weighted by molar-refractivity contribution is 6.07. The molecule has 18 heavy (non-hydrogen) atoms. The van der Waals surface area contributed by atoms with Crippen LogP contribution < -0.4 is 10.6 Å². The van der Waals surface area contributed by atoms with Gasteiger partial charge in [-0.2, -0.15) is 0 Å². The Morgan fingerprint density at radius 3 is 2.61 bits per heavy atom. The summed E-state index contributed by atoms with van der Waals surface area (Å²) in [6.07, 6.45) is 2.99. The fourth-order valence-electron chi connectivity index (χ4n) is 1.63. The second-order valence-electron chi connectivity index (χ2n) is 3.92. The molecular formula is C13H12N2O3. The van der Waals surface area contributed by atoms with Crippen LogP contribution in [0.25, 0.3) is 6.08 Å². The minimum atomic E-state index is -0.759. The van der Waals surface area contributed by atoms with Crippen LogP contribution in [0.1, 0.15) is 12.0 Å². The fourth-order valence-corrected chi connectivity index (χ4v) is 1.63. The molecule has 92 valence electrons. The number of carbonyl (C=O) groups is 3. The van der Waals surface area contributed by atoms with Gasteiger partial charge in [0.25, 0.3) is 0 Å². The number of imide groups is 1. The van der Waals surface area contributed by atoms with Crippen molar-refractivity contribution in [3.05, 3.63) is 42.0 Å². The van der Waals surface area contributed by atoms with Gasteiger partial charge in [0.2, 0.25) is 17.7 Å². The number of hydrogen-bond donors (Lipinski definition) is 2. The molecule has 1 aliphatic heterocycles. The lowest BCUT2D eigenvalue weighted by Gasteiger charge is -2.05. The van der Waals surface area contributed by atoms with E-state index in [1.807, 2.05) is 30.3 Å². The van der Waals surface area contributed by atoms with E-state index in [4.69, 9.17) is 0 Å². The molecule has 0 unspecified atom stereocenters. The van der Waals surface area contributed by atoms with Crippen LogP contribution in [0.5, 0.6) is 0 Å². The maximum Gasteiger partial charge on any atom is 0.249 e. The third-order valence-corrected chi connectivity index (χ3v) is 2.51. The summed E-state index contributed by atoms with van der Waals surface area (Å²) in [7, 11) is 0. The first kappa shape index (κ1) is 12.0. The standard InChI is InChI=1S/C13H12N2O3/c16-11(7-6-9-4-2-1-3-5-9)14-10-8-12(17)15-13(10)18/h1-7,10H,8H2,(H,14,16)(H,15,17,18)/b7-6+/t10-/m0/s1. The van der Waals surface area contributed by atoms with Gasteiger partial charge in [0.1, 0.15) is 6.04 Å². The van der Waals surface area contributed by atoms with Gasteiger partial charge in [0, 0.05) is 6.08 Å². The van der Waals surface area contributed by atoms with Gasteiger partial charge in [-0.05, 0) is 11.6 Å². The van der Waals surface area contributed by atoms with Gasteiger partial charge in [-0.25, -0.2) is 0 Å². The Hall–Kier alpha value is -2.43. The summed E-state index contributed by atoms with van der Waals surface area (Å²) in [6, 6.07) is 8.56. The Balaban J connectivity index is 1.91. The summed E-state index contributed by atoms with van der Waals surface area (Å²) in [6.45, 7) is 0. The molecule has 1 atom stereocenters. The number of amides is 3. The molecule has 2 N–H and O–H groups in total. The van der Waals surface area contributed by atoms with Crippen molar-refractivity contribution in [2.75, 3.05) is 0 Å². The molecular weight excluding hydrogens is 232 g/mol. The number of benzene rings is 1. The summed E-state index contributed by atoms with van der Waals surface area (Å²) < 4.78 is 0. The summed E-state index contributed by atoms with van der Waals surface area (Å²) >= 11 is 0. The van der Waals surface area contributed by atoms with Gasteiger partial charge in [0.15, 0.2) is 0 Å². The Morgan fingerprint density at radius 1 is 1.28 bits per heavy atom. The summed E-state index contributed by atoms with van der Waals surface area (Å²) in [4.78, 5) is 33.7. The molecule has 1 aromatic rings. The zero-order valence-electron chi connectivity index (χ0n) is 9.55. The molecule has 2 rings (SSSR count). The van der Waals surface area contributed by atoms with Gasteiger partial charge in [-0.3, -0.25) is 19.7 Å². The Morgan fingerprint density at radius 2 is 2.00 bits per heavy atom. The van der Waals surface area contributed by atoms with Crippen LogP contribution in [0.3, 0.4) is 0 Å². The van der Waals surface area contributed by atoms with Crippen molar-refractivity contribution in [2.24, 2.45) is 0 Å². The van der Waals surface area contributed by atoms with Crippen LogP contribution in [0.15, 0.2) is 36.4 Å². The van der Waals surface area contributed by atoms with Gasteiger partial charge in [-0.1, -0.05) is 30.3 Å². The maximum absolute atomic E-state index is 11.5. The van der Waals surface area contributed by atoms with E-state index in [0.717, 1.165) is 5.56 Å². The highest BCUT2D eigenvalue weighted by Crippen LogP contribution is 2.03. The maximum atomic E-state index is 11.5. The van der Waals surface area contributed by atoms with Crippen molar-refractivity contribution in [3.8, 4) is 0 Å². The van der Waals surface area contributed by atoms with E-state index < -0.39 is 17.9 Å². The number of hydrogen-bond acceptors (Lipinski definition) is 3. The van der Waals surface area contributed by atoms with Crippen molar-refractivity contribution in [3.63, 3.8) is 0 Å². The lowest BCUT2D eigenvalue weighted by atomic mass is 10.2. The average molecular weight is 244 g/mol. The lowest BCUT2D eigenvalue weighted by molar-refractivity contribution is -0.127. The summed E-state index contributed by atoms with van der Waals surface area (Å²) in [5, 5.41) is 4.60. The zero-order chi connectivity index (χ0) is 13.0. The molecule has 1 fully saturated rings. The predicted molar refractivity (Wildman–Crippen MR) is 65.2 cm³/mol. The minimum Gasteiger partial charge on any atom is -0.340 e. The first-order valence-electron chi connectivity index (χ1n) is 5.52. The van der Waals surface area contributed by atoms with E-state index in [1.165, 1.54) is 6.08 Å².